The largest absolute Gasteiger partial charge is 0.444 e. The first-order valence-electron chi connectivity index (χ1n) is 9.66. The maximum absolute atomic E-state index is 12.8. The molecule has 10 heteroatoms. The zero-order valence-electron chi connectivity index (χ0n) is 17.9. The van der Waals surface area contributed by atoms with Crippen LogP contribution in [0.5, 0.6) is 0 Å². The van der Waals surface area contributed by atoms with Crippen LogP contribution < -0.4 is 10.5 Å². The molecule has 0 radical (unpaired) electrons. The number of nitriles is 1. The summed E-state index contributed by atoms with van der Waals surface area (Å²) in [4.78, 5) is 37.6. The van der Waals surface area contributed by atoms with E-state index in [9.17, 15) is 14.9 Å². The van der Waals surface area contributed by atoms with Gasteiger partial charge in [0.15, 0.2) is 11.2 Å². The molecule has 2 aromatic rings. The van der Waals surface area contributed by atoms with Crippen molar-refractivity contribution in [3.05, 3.63) is 16.2 Å². The van der Waals surface area contributed by atoms with Gasteiger partial charge >= 0.3 is 6.09 Å². The van der Waals surface area contributed by atoms with Crippen molar-refractivity contribution < 1.29 is 9.53 Å². The number of hydrogen-bond donors (Lipinski definition) is 0. The molecule has 3 rings (SSSR count). The first kappa shape index (κ1) is 21.2. The number of amides is 1. The Balaban J connectivity index is 1.93. The predicted octanol–water partition coefficient (Wildman–Crippen LogP) is 1.08. The van der Waals surface area contributed by atoms with E-state index < -0.39 is 5.60 Å². The van der Waals surface area contributed by atoms with Gasteiger partial charge in [-0.15, -0.1) is 5.92 Å². The molecule has 0 aliphatic carbocycles. The first-order chi connectivity index (χ1) is 14.2. The van der Waals surface area contributed by atoms with E-state index in [1.165, 1.54) is 11.6 Å². The normalized spacial score (nSPS) is 14.3. The number of fused-ring (bicyclic) bond motifs is 1. The average Bonchev–Trinajstić information content (AvgIpc) is 3.06. The lowest BCUT2D eigenvalue weighted by atomic mass is 10.2. The number of rotatable bonds is 2. The molecule has 0 saturated carbocycles. The summed E-state index contributed by atoms with van der Waals surface area (Å²) in [5.41, 5.74) is -0.368. The summed E-state index contributed by atoms with van der Waals surface area (Å²) < 4.78 is 8.38. The molecular weight excluding hydrogens is 386 g/mol. The second-order valence-corrected chi connectivity index (χ2v) is 7.96. The summed E-state index contributed by atoms with van der Waals surface area (Å²) in [6, 6.07) is 1.92. The van der Waals surface area contributed by atoms with Crippen LogP contribution in [0.3, 0.4) is 0 Å². The van der Waals surface area contributed by atoms with Gasteiger partial charge in [0, 0.05) is 33.2 Å². The summed E-state index contributed by atoms with van der Waals surface area (Å²) in [5.74, 6) is 6.36. The zero-order chi connectivity index (χ0) is 22.1. The summed E-state index contributed by atoms with van der Waals surface area (Å²) in [6.45, 7) is 9.48. The minimum absolute atomic E-state index is 0.0000192. The zero-order valence-corrected chi connectivity index (χ0v) is 17.9. The smallest absolute Gasteiger partial charge is 0.410 e. The summed E-state index contributed by atoms with van der Waals surface area (Å²) in [5, 5.41) is 9.24. The van der Waals surface area contributed by atoms with Crippen LogP contribution in [0.25, 0.3) is 11.2 Å². The quantitative estimate of drug-likeness (QED) is 0.680. The summed E-state index contributed by atoms with van der Waals surface area (Å²) in [7, 11) is 1.51. The molecule has 1 amide bonds. The average molecular weight is 411 g/mol. The van der Waals surface area contributed by atoms with Gasteiger partial charge in [0.05, 0.1) is 6.54 Å². The second kappa shape index (κ2) is 8.07. The molecule has 0 aromatic carbocycles. The molecule has 2 aromatic heterocycles. The van der Waals surface area contributed by atoms with E-state index in [4.69, 9.17) is 4.74 Å². The lowest BCUT2D eigenvalue weighted by Crippen LogP contribution is -2.50. The third-order valence-corrected chi connectivity index (χ3v) is 4.69. The fourth-order valence-corrected chi connectivity index (χ4v) is 3.21. The highest BCUT2D eigenvalue weighted by Gasteiger charge is 2.29. The number of aromatic nitrogens is 4. The molecule has 0 unspecified atom stereocenters. The van der Waals surface area contributed by atoms with Gasteiger partial charge in [0.1, 0.15) is 11.7 Å². The summed E-state index contributed by atoms with van der Waals surface area (Å²) in [6.07, 6.45) is -0.346. The standard InChI is InChI=1S/C20H25N7O3/c1-6-7-8-27-15-16(22-14(13-21)24(5)17(15)28)23-18(27)25-9-11-26(12-10-25)19(29)30-20(2,3)4/h8-12H2,1-5H3. The molecule has 1 aliphatic heterocycles. The van der Waals surface area contributed by atoms with Crippen molar-refractivity contribution in [2.24, 2.45) is 7.05 Å². The van der Waals surface area contributed by atoms with Crippen LogP contribution in [0.1, 0.15) is 33.5 Å². The summed E-state index contributed by atoms with van der Waals surface area (Å²) >= 11 is 0. The van der Waals surface area contributed by atoms with Gasteiger partial charge in [-0.05, 0) is 27.7 Å². The Morgan fingerprint density at radius 3 is 2.43 bits per heavy atom. The number of carbonyl (C=O) groups excluding carboxylic acids is 1. The second-order valence-electron chi connectivity index (χ2n) is 7.96. The van der Waals surface area contributed by atoms with Crippen molar-refractivity contribution in [2.45, 2.75) is 39.8 Å². The van der Waals surface area contributed by atoms with Crippen LogP contribution in [-0.2, 0) is 18.3 Å². The highest BCUT2D eigenvalue weighted by molar-refractivity contribution is 5.75. The lowest BCUT2D eigenvalue weighted by Gasteiger charge is -2.36. The van der Waals surface area contributed by atoms with Crippen LogP contribution in [-0.4, -0.2) is 61.9 Å². The van der Waals surface area contributed by atoms with E-state index in [1.807, 2.05) is 31.7 Å². The van der Waals surface area contributed by atoms with Gasteiger partial charge < -0.3 is 14.5 Å². The Labute approximate surface area is 174 Å². The number of anilines is 1. The van der Waals surface area contributed by atoms with E-state index in [1.54, 1.807) is 16.4 Å². The number of hydrogen-bond acceptors (Lipinski definition) is 7. The highest BCUT2D eigenvalue weighted by Crippen LogP contribution is 2.21. The van der Waals surface area contributed by atoms with Crippen LogP contribution >= 0.6 is 0 Å². The molecule has 1 fully saturated rings. The molecule has 158 valence electrons. The van der Waals surface area contributed by atoms with Crippen molar-refractivity contribution in [2.75, 3.05) is 31.1 Å². The fourth-order valence-electron chi connectivity index (χ4n) is 3.21. The molecule has 0 N–H and O–H groups in total. The minimum Gasteiger partial charge on any atom is -0.444 e. The van der Waals surface area contributed by atoms with Crippen molar-refractivity contribution in [3.8, 4) is 17.9 Å². The van der Waals surface area contributed by atoms with E-state index in [0.717, 1.165) is 0 Å². The van der Waals surface area contributed by atoms with Crippen LogP contribution in [0, 0.1) is 23.2 Å². The molecule has 1 saturated heterocycles. The Morgan fingerprint density at radius 1 is 1.20 bits per heavy atom. The van der Waals surface area contributed by atoms with Gasteiger partial charge in [-0.1, -0.05) is 5.92 Å². The number of imidazole rings is 1. The van der Waals surface area contributed by atoms with E-state index in [-0.39, 0.29) is 29.7 Å². The van der Waals surface area contributed by atoms with Gasteiger partial charge in [-0.25, -0.2) is 4.79 Å². The molecule has 1 aliphatic rings. The van der Waals surface area contributed by atoms with E-state index in [0.29, 0.717) is 37.6 Å². The number of carbonyl (C=O) groups is 1. The Bertz CT molecular complexity index is 1130. The third-order valence-electron chi connectivity index (χ3n) is 4.69. The Hall–Kier alpha value is -3.53. The maximum Gasteiger partial charge on any atom is 0.410 e. The fraction of sp³-hybridized carbons (Fsp3) is 0.550. The first-order valence-corrected chi connectivity index (χ1v) is 9.66. The monoisotopic (exact) mass is 411 g/mol. The molecule has 30 heavy (non-hydrogen) atoms. The third kappa shape index (κ3) is 4.08. The van der Waals surface area contributed by atoms with Gasteiger partial charge in [0.25, 0.3) is 5.56 Å². The Kier molecular flexibility index (Phi) is 5.70. The van der Waals surface area contributed by atoms with Crippen LogP contribution in [0.15, 0.2) is 4.79 Å². The molecular formula is C20H25N7O3. The number of ether oxygens (including phenoxy) is 1. The van der Waals surface area contributed by atoms with E-state index in [2.05, 4.69) is 21.8 Å². The number of nitrogens with zero attached hydrogens (tertiary/aromatic N) is 7. The highest BCUT2D eigenvalue weighted by atomic mass is 16.6. The van der Waals surface area contributed by atoms with E-state index >= 15 is 0 Å². The molecule has 3 heterocycles. The topological polar surface area (TPSA) is 109 Å². The molecule has 0 spiro atoms. The Morgan fingerprint density at radius 2 is 1.87 bits per heavy atom. The van der Waals surface area contributed by atoms with Gasteiger partial charge in [-0.3, -0.25) is 13.9 Å². The van der Waals surface area contributed by atoms with Crippen molar-refractivity contribution in [3.63, 3.8) is 0 Å². The van der Waals surface area contributed by atoms with Crippen molar-refractivity contribution >= 4 is 23.2 Å². The molecule has 0 atom stereocenters. The number of piperazine rings is 1. The van der Waals surface area contributed by atoms with Gasteiger partial charge in [-0.2, -0.15) is 15.2 Å². The van der Waals surface area contributed by atoms with Gasteiger partial charge in [0.2, 0.25) is 11.8 Å². The van der Waals surface area contributed by atoms with Crippen molar-refractivity contribution in [1.29, 1.82) is 5.26 Å². The van der Waals surface area contributed by atoms with Crippen molar-refractivity contribution in [1.82, 2.24) is 24.0 Å². The predicted molar refractivity (Wildman–Crippen MR) is 111 cm³/mol. The maximum atomic E-state index is 12.8. The molecule has 10 nitrogen and oxygen atoms in total. The lowest BCUT2D eigenvalue weighted by molar-refractivity contribution is 0.0240. The molecule has 0 bridgehead atoms. The van der Waals surface area contributed by atoms with Crippen LogP contribution in [0.4, 0.5) is 10.7 Å². The SMILES string of the molecule is CC#CCn1c(N2CCN(C(=O)OC(C)(C)C)CC2)nc2nc(C#N)n(C)c(=O)c21. The van der Waals surface area contributed by atoms with Crippen LogP contribution in [0.2, 0.25) is 0 Å². The minimum atomic E-state index is -0.550.